The van der Waals surface area contributed by atoms with E-state index in [4.69, 9.17) is 14.7 Å². The summed E-state index contributed by atoms with van der Waals surface area (Å²) in [6, 6.07) is 11.0. The molecular formula is C25H22F3N3O4. The van der Waals surface area contributed by atoms with Crippen molar-refractivity contribution in [3.63, 3.8) is 0 Å². The third-order valence-corrected chi connectivity index (χ3v) is 5.86. The maximum absolute atomic E-state index is 13.6. The minimum absolute atomic E-state index is 0.0137. The van der Waals surface area contributed by atoms with Crippen LogP contribution in [0.15, 0.2) is 59.8 Å². The van der Waals surface area contributed by atoms with Gasteiger partial charge in [-0.1, -0.05) is 18.2 Å². The number of allylic oxidation sites excluding steroid dienone is 1. The molecule has 0 aliphatic carbocycles. The van der Waals surface area contributed by atoms with Gasteiger partial charge in [-0.05, 0) is 56.7 Å². The minimum atomic E-state index is -4.61. The number of ketones is 1. The summed E-state index contributed by atoms with van der Waals surface area (Å²) in [7, 11) is 0. The van der Waals surface area contributed by atoms with Crippen molar-refractivity contribution >= 4 is 17.5 Å². The average Bonchev–Trinajstić information content (AvgIpc) is 3.18. The van der Waals surface area contributed by atoms with Gasteiger partial charge < -0.3 is 14.8 Å². The van der Waals surface area contributed by atoms with Crippen LogP contribution in [0.1, 0.15) is 43.5 Å². The molecule has 10 heteroatoms. The molecule has 0 aromatic heterocycles. The van der Waals surface area contributed by atoms with Crippen molar-refractivity contribution in [2.24, 2.45) is 0 Å². The molecule has 2 atom stereocenters. The van der Waals surface area contributed by atoms with Crippen molar-refractivity contribution in [1.82, 2.24) is 5.32 Å². The van der Waals surface area contributed by atoms with Gasteiger partial charge in [0.25, 0.3) is 0 Å². The van der Waals surface area contributed by atoms with E-state index in [2.05, 4.69) is 5.32 Å². The standard InChI is InChI=1S/C25H22F3N3O4/c1-14-20(22(32)19-13-34-24(2,3)35-19)21(16-9-7-15(12-29)8-10-16)30-23(33)31(14)18-6-4-5-17(11-18)25(26,27)28/h4-11,19,21H,13H2,1-3H3,(H,30,33)/t19?,21-/m1/s1. The first-order valence-electron chi connectivity index (χ1n) is 10.8. The van der Waals surface area contributed by atoms with Crippen molar-refractivity contribution in [2.75, 3.05) is 11.5 Å². The molecule has 4 rings (SSSR count). The first-order valence-corrected chi connectivity index (χ1v) is 10.8. The highest BCUT2D eigenvalue weighted by atomic mass is 19.4. The third-order valence-electron chi connectivity index (χ3n) is 5.86. The van der Waals surface area contributed by atoms with Crippen LogP contribution in [-0.4, -0.2) is 30.3 Å². The number of carbonyl (C=O) groups is 2. The Labute approximate surface area is 199 Å². The second-order valence-electron chi connectivity index (χ2n) is 8.68. The lowest BCUT2D eigenvalue weighted by Crippen LogP contribution is -2.49. The Hall–Kier alpha value is -3.68. The largest absolute Gasteiger partial charge is 0.416 e. The van der Waals surface area contributed by atoms with Gasteiger partial charge in [-0.3, -0.25) is 9.69 Å². The van der Waals surface area contributed by atoms with Crippen LogP contribution in [0, 0.1) is 11.3 Å². The smallest absolute Gasteiger partial charge is 0.347 e. The number of anilines is 1. The fraction of sp³-hybridized carbons (Fsp3) is 0.320. The summed E-state index contributed by atoms with van der Waals surface area (Å²) < 4.78 is 51.2. The highest BCUT2D eigenvalue weighted by Crippen LogP contribution is 2.38. The molecule has 2 aliphatic heterocycles. The normalized spacial score (nSPS) is 22.1. The first kappa shape index (κ1) is 24.4. The lowest BCUT2D eigenvalue weighted by molar-refractivity contribution is -0.150. The van der Waals surface area contributed by atoms with E-state index < -0.39 is 41.5 Å². The topological polar surface area (TPSA) is 91.7 Å². The molecule has 1 N–H and O–H groups in total. The number of hydrogen-bond donors (Lipinski definition) is 1. The van der Waals surface area contributed by atoms with Crippen molar-refractivity contribution in [3.05, 3.63) is 76.5 Å². The predicted octanol–water partition coefficient (Wildman–Crippen LogP) is 4.84. The zero-order chi connectivity index (χ0) is 25.5. The highest BCUT2D eigenvalue weighted by molar-refractivity contribution is 6.07. The van der Waals surface area contributed by atoms with Gasteiger partial charge in [0.1, 0.15) is 6.10 Å². The molecule has 0 spiro atoms. The Balaban J connectivity index is 1.83. The second-order valence-corrected chi connectivity index (χ2v) is 8.68. The fourth-order valence-electron chi connectivity index (χ4n) is 4.18. The Morgan fingerprint density at radius 3 is 2.46 bits per heavy atom. The summed E-state index contributed by atoms with van der Waals surface area (Å²) in [6.45, 7) is 4.82. The number of hydrogen-bond acceptors (Lipinski definition) is 5. The lowest BCUT2D eigenvalue weighted by atomic mass is 9.89. The summed E-state index contributed by atoms with van der Waals surface area (Å²) in [5.74, 6) is -1.45. The molecule has 2 amide bonds. The van der Waals surface area contributed by atoms with Crippen molar-refractivity contribution in [1.29, 1.82) is 5.26 Å². The Morgan fingerprint density at radius 1 is 1.20 bits per heavy atom. The van der Waals surface area contributed by atoms with Gasteiger partial charge in [-0.15, -0.1) is 0 Å². The van der Waals surface area contributed by atoms with Gasteiger partial charge in [0.05, 0.1) is 35.5 Å². The van der Waals surface area contributed by atoms with Gasteiger partial charge in [-0.25, -0.2) is 4.79 Å². The van der Waals surface area contributed by atoms with E-state index in [9.17, 15) is 22.8 Å². The molecule has 7 nitrogen and oxygen atoms in total. The number of amides is 2. The number of ether oxygens (including phenoxy) is 2. The maximum Gasteiger partial charge on any atom is 0.416 e. The van der Waals surface area contributed by atoms with E-state index >= 15 is 0 Å². The van der Waals surface area contributed by atoms with Crippen LogP contribution in [0.5, 0.6) is 0 Å². The highest BCUT2D eigenvalue weighted by Gasteiger charge is 2.44. The molecule has 0 bridgehead atoms. The van der Waals surface area contributed by atoms with E-state index in [0.717, 1.165) is 17.0 Å². The number of benzene rings is 2. The molecule has 2 aromatic rings. The Kier molecular flexibility index (Phi) is 6.17. The molecule has 2 aliphatic rings. The molecule has 35 heavy (non-hydrogen) atoms. The van der Waals surface area contributed by atoms with E-state index in [-0.39, 0.29) is 23.6 Å². The maximum atomic E-state index is 13.6. The van der Waals surface area contributed by atoms with Crippen LogP contribution < -0.4 is 10.2 Å². The minimum Gasteiger partial charge on any atom is -0.347 e. The molecule has 1 unspecified atom stereocenters. The zero-order valence-corrected chi connectivity index (χ0v) is 19.1. The first-order chi connectivity index (χ1) is 16.4. The summed E-state index contributed by atoms with van der Waals surface area (Å²) >= 11 is 0. The third kappa shape index (κ3) is 4.78. The van der Waals surface area contributed by atoms with Crippen molar-refractivity contribution in [3.8, 4) is 6.07 Å². The monoisotopic (exact) mass is 485 g/mol. The van der Waals surface area contributed by atoms with Crippen LogP contribution in [0.3, 0.4) is 0 Å². The van der Waals surface area contributed by atoms with Crippen LogP contribution >= 0.6 is 0 Å². The number of nitriles is 1. The lowest BCUT2D eigenvalue weighted by Gasteiger charge is -2.36. The van der Waals surface area contributed by atoms with E-state index in [1.165, 1.54) is 19.1 Å². The van der Waals surface area contributed by atoms with E-state index in [1.54, 1.807) is 38.1 Å². The number of nitrogens with zero attached hydrogens (tertiary/aromatic N) is 2. The summed E-state index contributed by atoms with van der Waals surface area (Å²) in [5, 5.41) is 11.8. The Bertz CT molecular complexity index is 1250. The number of urea groups is 1. The van der Waals surface area contributed by atoms with Crippen molar-refractivity contribution in [2.45, 2.75) is 44.9 Å². The molecule has 1 fully saturated rings. The van der Waals surface area contributed by atoms with Crippen molar-refractivity contribution < 1.29 is 32.2 Å². The van der Waals surface area contributed by atoms with Crippen LogP contribution in [0.4, 0.5) is 23.7 Å². The van der Waals surface area contributed by atoms with Gasteiger partial charge in [0.2, 0.25) is 0 Å². The molecule has 0 radical (unpaired) electrons. The van der Waals surface area contributed by atoms with Crippen LogP contribution in [-0.2, 0) is 20.4 Å². The number of nitrogens with one attached hydrogen (secondary N) is 1. The van der Waals surface area contributed by atoms with Gasteiger partial charge >= 0.3 is 12.2 Å². The summed E-state index contributed by atoms with van der Waals surface area (Å²) in [6.07, 6.45) is -5.57. The number of alkyl halides is 3. The number of Topliss-reactive ketones (excluding diaryl/α,β-unsaturated/α-hetero) is 1. The van der Waals surface area contributed by atoms with Crippen LogP contribution in [0.25, 0.3) is 0 Å². The second kappa shape index (κ2) is 8.83. The molecule has 0 saturated carbocycles. The van der Waals surface area contributed by atoms with Gasteiger partial charge in [-0.2, -0.15) is 18.4 Å². The Morgan fingerprint density at radius 2 is 1.89 bits per heavy atom. The fourth-order valence-corrected chi connectivity index (χ4v) is 4.18. The summed E-state index contributed by atoms with van der Waals surface area (Å²) in [5.41, 5.74) is 0.277. The molecule has 1 saturated heterocycles. The SMILES string of the molecule is CC1=C(C(=O)C2COC(C)(C)O2)[C@@H](c2ccc(C#N)cc2)NC(=O)N1c1cccc(C(F)(F)F)c1. The van der Waals surface area contributed by atoms with E-state index in [0.29, 0.717) is 11.1 Å². The average molecular weight is 485 g/mol. The molecule has 2 aromatic carbocycles. The number of carbonyl (C=O) groups excluding carboxylic acids is 2. The van der Waals surface area contributed by atoms with E-state index in [1.807, 2.05) is 6.07 Å². The van der Waals surface area contributed by atoms with Crippen LogP contribution in [0.2, 0.25) is 0 Å². The van der Waals surface area contributed by atoms with Gasteiger partial charge in [0.15, 0.2) is 11.6 Å². The molecule has 2 heterocycles. The molecular weight excluding hydrogens is 463 g/mol. The quantitative estimate of drug-likeness (QED) is 0.669. The zero-order valence-electron chi connectivity index (χ0n) is 19.1. The number of rotatable bonds is 4. The van der Waals surface area contributed by atoms with Gasteiger partial charge in [0, 0.05) is 11.3 Å². The molecule has 182 valence electrons. The summed E-state index contributed by atoms with van der Waals surface area (Å²) in [4.78, 5) is 27.8. The predicted molar refractivity (Wildman–Crippen MR) is 119 cm³/mol. The number of halogens is 3.